The molecule has 0 atom stereocenters. The number of unbranched alkanes of at least 4 members (excludes halogenated alkanes) is 1. The van der Waals surface area contributed by atoms with E-state index in [1.54, 1.807) is 12.1 Å². The number of nitrogens with one attached hydrogen (secondary N) is 1. The average molecular weight is 598 g/mol. The molecule has 0 amide bonds. The minimum absolute atomic E-state index is 0.0237. The number of aryl methyl sites for hydroxylation is 2. The molecule has 8 nitrogen and oxygen atoms in total. The van der Waals surface area contributed by atoms with Crippen molar-refractivity contribution in [1.29, 1.82) is 0 Å². The predicted octanol–water partition coefficient (Wildman–Crippen LogP) is 7.44. The molecule has 1 heterocycles. The number of aromatic nitrogens is 2. The van der Waals surface area contributed by atoms with E-state index < -0.39 is 16.0 Å². The van der Waals surface area contributed by atoms with Crippen molar-refractivity contribution in [3.8, 4) is 16.9 Å². The number of imidazole rings is 1. The lowest BCUT2D eigenvalue weighted by molar-refractivity contribution is 0.144. The Morgan fingerprint density at radius 2 is 1.67 bits per heavy atom. The van der Waals surface area contributed by atoms with Gasteiger partial charge in [-0.05, 0) is 53.8 Å². The van der Waals surface area contributed by atoms with Gasteiger partial charge >= 0.3 is 6.16 Å². The second-order valence-corrected chi connectivity index (χ2v) is 12.7. The third kappa shape index (κ3) is 7.42. The van der Waals surface area contributed by atoms with Crippen LogP contribution in [-0.2, 0) is 28.6 Å². The Morgan fingerprint density at radius 3 is 2.40 bits per heavy atom. The molecule has 0 spiro atoms. The highest BCUT2D eigenvalue weighted by molar-refractivity contribution is 7.90. The summed E-state index contributed by atoms with van der Waals surface area (Å²) in [6.07, 6.45) is 1.52. The normalized spacial score (nSPS) is 11.5. The summed E-state index contributed by atoms with van der Waals surface area (Å²) >= 11 is 0. The number of sulfone groups is 1. The van der Waals surface area contributed by atoms with Gasteiger partial charge in [-0.3, -0.25) is 0 Å². The Bertz CT molecular complexity index is 1830. The molecule has 9 heteroatoms. The van der Waals surface area contributed by atoms with E-state index in [0.717, 1.165) is 64.1 Å². The molecule has 0 unspecified atom stereocenters. The quantitative estimate of drug-likeness (QED) is 0.114. The fourth-order valence-electron chi connectivity index (χ4n) is 5.18. The van der Waals surface area contributed by atoms with Crippen LogP contribution < -0.4 is 10.1 Å². The summed E-state index contributed by atoms with van der Waals surface area (Å²) in [5, 5.41) is 12.3. The zero-order valence-corrected chi connectivity index (χ0v) is 25.1. The van der Waals surface area contributed by atoms with E-state index in [4.69, 9.17) is 14.8 Å². The summed E-state index contributed by atoms with van der Waals surface area (Å²) in [5.74, 6) is 1.08. The molecule has 5 aromatic rings. The third-order valence-corrected chi connectivity index (χ3v) is 8.65. The molecule has 222 valence electrons. The highest BCUT2D eigenvalue weighted by atomic mass is 32.2. The van der Waals surface area contributed by atoms with Gasteiger partial charge in [0.15, 0.2) is 9.84 Å². The fourth-order valence-corrected chi connectivity index (χ4v) is 6.37. The van der Waals surface area contributed by atoms with Crippen molar-refractivity contribution in [2.45, 2.75) is 45.4 Å². The molecule has 5 rings (SSSR count). The average Bonchev–Trinajstić information content (AvgIpc) is 3.33. The fraction of sp³-hybridized carbons (Fsp3) is 0.235. The maximum atomic E-state index is 12.8. The van der Waals surface area contributed by atoms with Gasteiger partial charge in [0.05, 0.1) is 16.8 Å². The van der Waals surface area contributed by atoms with Gasteiger partial charge in [-0.15, -0.1) is 0 Å². The highest BCUT2D eigenvalue weighted by Gasteiger charge is 2.17. The lowest BCUT2D eigenvalue weighted by atomic mass is 10.0. The van der Waals surface area contributed by atoms with E-state index in [1.165, 1.54) is 0 Å². The summed E-state index contributed by atoms with van der Waals surface area (Å²) < 4.78 is 32.9. The number of carboxylic acid groups (broad SMARTS) is 1. The summed E-state index contributed by atoms with van der Waals surface area (Å²) in [5.41, 5.74) is 6.91. The van der Waals surface area contributed by atoms with Crippen LogP contribution >= 0.6 is 0 Å². The second-order valence-electron chi connectivity index (χ2n) is 10.6. The minimum Gasteiger partial charge on any atom is -0.449 e. The molecule has 4 aromatic carbocycles. The van der Waals surface area contributed by atoms with Crippen LogP contribution in [-0.4, -0.2) is 35.1 Å². The molecule has 1 aromatic heterocycles. The van der Waals surface area contributed by atoms with E-state index in [2.05, 4.69) is 16.8 Å². The molecule has 43 heavy (non-hydrogen) atoms. The van der Waals surface area contributed by atoms with Gasteiger partial charge in [-0.2, -0.15) is 0 Å². The predicted molar refractivity (Wildman–Crippen MR) is 170 cm³/mol. The number of para-hydroxylation sites is 1. The van der Waals surface area contributed by atoms with Crippen molar-refractivity contribution in [2.24, 2.45) is 0 Å². The first-order valence-electron chi connectivity index (χ1n) is 14.3. The van der Waals surface area contributed by atoms with Crippen molar-refractivity contribution in [3.63, 3.8) is 0 Å². The van der Waals surface area contributed by atoms with E-state index in [9.17, 15) is 13.2 Å². The summed E-state index contributed by atoms with van der Waals surface area (Å²) in [6, 6.07) is 28.1. The number of rotatable bonds is 12. The molecule has 0 radical (unpaired) electrons. The molecule has 2 N–H and O–H groups in total. The number of ether oxygens (including phenoxy) is 1. The lowest BCUT2D eigenvalue weighted by Crippen LogP contribution is -2.16. The van der Waals surface area contributed by atoms with E-state index in [1.807, 2.05) is 85.8 Å². The Hall–Kier alpha value is -4.63. The monoisotopic (exact) mass is 597 g/mol. The maximum Gasteiger partial charge on any atom is 0.511 e. The zero-order chi connectivity index (χ0) is 30.4. The van der Waals surface area contributed by atoms with Gasteiger partial charge in [0, 0.05) is 24.2 Å². The number of fused-ring (bicyclic) bond motifs is 1. The lowest BCUT2D eigenvalue weighted by Gasteiger charge is -2.13. The van der Waals surface area contributed by atoms with Crippen LogP contribution in [0.3, 0.4) is 0 Å². The Balaban J connectivity index is 1.42. The Kier molecular flexibility index (Phi) is 9.11. The smallest absolute Gasteiger partial charge is 0.449 e. The van der Waals surface area contributed by atoms with Crippen LogP contribution in [0.1, 0.15) is 42.3 Å². The number of anilines is 1. The van der Waals surface area contributed by atoms with Gasteiger partial charge in [0.1, 0.15) is 17.5 Å². The number of carbonyl (C=O) groups is 1. The first kappa shape index (κ1) is 29.8. The molecule has 0 saturated carbocycles. The third-order valence-electron chi connectivity index (χ3n) is 7.29. The van der Waals surface area contributed by atoms with Gasteiger partial charge in [-0.1, -0.05) is 86.1 Å². The van der Waals surface area contributed by atoms with Crippen LogP contribution in [0.25, 0.3) is 22.2 Å². The topological polar surface area (TPSA) is 111 Å². The van der Waals surface area contributed by atoms with Gasteiger partial charge in [0.25, 0.3) is 0 Å². The van der Waals surface area contributed by atoms with Gasteiger partial charge in [-0.25, -0.2) is 18.2 Å². The van der Waals surface area contributed by atoms with Crippen LogP contribution in [0.2, 0.25) is 0 Å². The number of hydrogen-bond acceptors (Lipinski definition) is 6. The number of nitrogens with zero attached hydrogens (tertiary/aromatic N) is 2. The van der Waals surface area contributed by atoms with E-state index in [-0.39, 0.29) is 17.4 Å². The Morgan fingerprint density at radius 1 is 0.953 bits per heavy atom. The van der Waals surface area contributed by atoms with E-state index in [0.29, 0.717) is 12.1 Å². The molecule has 0 bridgehead atoms. The van der Waals surface area contributed by atoms with Crippen LogP contribution in [0.5, 0.6) is 5.75 Å². The molecule has 0 aliphatic heterocycles. The largest absolute Gasteiger partial charge is 0.511 e. The van der Waals surface area contributed by atoms with Crippen LogP contribution in [0.15, 0.2) is 91.0 Å². The van der Waals surface area contributed by atoms with Gasteiger partial charge < -0.3 is 19.7 Å². The zero-order valence-electron chi connectivity index (χ0n) is 24.3. The molecule has 0 fully saturated rings. The number of benzene rings is 4. The van der Waals surface area contributed by atoms with Crippen molar-refractivity contribution in [1.82, 2.24) is 9.55 Å². The molecule has 0 aliphatic rings. The molecular weight excluding hydrogens is 562 g/mol. The van der Waals surface area contributed by atoms with Crippen molar-refractivity contribution < 1.29 is 23.1 Å². The summed E-state index contributed by atoms with van der Waals surface area (Å²) in [4.78, 5) is 16.1. The summed E-state index contributed by atoms with van der Waals surface area (Å²) in [6.45, 7) is 4.73. The first-order valence-corrected chi connectivity index (χ1v) is 16.1. The number of hydrogen-bond donors (Lipinski definition) is 2. The van der Waals surface area contributed by atoms with Crippen molar-refractivity contribution >= 4 is 32.7 Å². The maximum absolute atomic E-state index is 12.8. The highest BCUT2D eigenvalue weighted by Crippen LogP contribution is 2.31. The first-order chi connectivity index (χ1) is 20.7. The minimum atomic E-state index is -3.38. The second kappa shape index (κ2) is 13.1. The van der Waals surface area contributed by atoms with Crippen LogP contribution in [0.4, 0.5) is 10.5 Å². The standard InChI is InChI=1S/C34H35N3O5S/c1-3-4-14-32-36-33-24(2)19-28(35-23-43(40,41)22-26-10-6-5-7-11-26)20-30(33)37(32)21-25-15-17-27(18-16-25)29-12-8-9-13-31(29)42-34(38)39/h5-13,15-20,35H,3-4,14,21-23H2,1-2H3,(H,38,39). The molecule has 0 aliphatic carbocycles. The van der Waals surface area contributed by atoms with Crippen molar-refractivity contribution in [2.75, 3.05) is 11.2 Å². The molecule has 0 saturated heterocycles. The van der Waals surface area contributed by atoms with Gasteiger partial charge in [0.2, 0.25) is 0 Å². The summed E-state index contributed by atoms with van der Waals surface area (Å²) in [7, 11) is -3.38. The molecular formula is C34H35N3O5S. The Labute approximate surface area is 251 Å². The SMILES string of the molecule is CCCCc1nc2c(C)cc(NCS(=O)(=O)Cc3ccccc3)cc2n1Cc1ccc(-c2ccccc2OC(=O)O)cc1. The van der Waals surface area contributed by atoms with Crippen LogP contribution in [0, 0.1) is 6.92 Å². The van der Waals surface area contributed by atoms with E-state index >= 15 is 0 Å². The van der Waals surface area contributed by atoms with Crippen molar-refractivity contribution in [3.05, 3.63) is 114 Å².